The van der Waals surface area contributed by atoms with Crippen LogP contribution in [0.3, 0.4) is 0 Å². The van der Waals surface area contributed by atoms with Crippen molar-refractivity contribution in [3.05, 3.63) is 18.2 Å². The van der Waals surface area contributed by atoms with E-state index in [0.29, 0.717) is 17.9 Å². The van der Waals surface area contributed by atoms with E-state index in [1.807, 2.05) is 0 Å². The first-order valence-corrected chi connectivity index (χ1v) is 3.74. The molecule has 0 unspecified atom stereocenters. The van der Waals surface area contributed by atoms with Gasteiger partial charge < -0.3 is 21.9 Å². The molecule has 0 spiro atoms. The van der Waals surface area contributed by atoms with Gasteiger partial charge in [0, 0.05) is 12.2 Å². The number of anilines is 3. The summed E-state index contributed by atoms with van der Waals surface area (Å²) in [6.07, 6.45) is 0. The van der Waals surface area contributed by atoms with Crippen molar-refractivity contribution in [2.24, 2.45) is 0 Å². The molecule has 0 saturated carbocycles. The van der Waals surface area contributed by atoms with Crippen LogP contribution < -0.4 is 16.8 Å². The summed E-state index contributed by atoms with van der Waals surface area (Å²) in [6.45, 7) is 0.581. The smallest absolute Gasteiger partial charge is 0.0604 e. The van der Waals surface area contributed by atoms with Crippen molar-refractivity contribution >= 4 is 17.1 Å². The summed E-state index contributed by atoms with van der Waals surface area (Å²) in [5.74, 6) is 0. The maximum Gasteiger partial charge on any atom is 0.0604 e. The van der Waals surface area contributed by atoms with Gasteiger partial charge in [0.25, 0.3) is 0 Å². The van der Waals surface area contributed by atoms with E-state index in [1.165, 1.54) is 0 Å². The Labute approximate surface area is 71.2 Å². The predicted octanol–water partition coefficient (Wildman–Crippen LogP) is 0.255. The van der Waals surface area contributed by atoms with E-state index in [0.717, 1.165) is 5.69 Å². The Bertz CT molecular complexity index is 262. The minimum atomic E-state index is 0.0871. The van der Waals surface area contributed by atoms with Crippen molar-refractivity contribution < 1.29 is 5.11 Å². The van der Waals surface area contributed by atoms with Crippen LogP contribution in [0.15, 0.2) is 18.2 Å². The van der Waals surface area contributed by atoms with Gasteiger partial charge in [-0.2, -0.15) is 0 Å². The number of nitrogen functional groups attached to an aromatic ring is 2. The Morgan fingerprint density at radius 3 is 2.67 bits per heavy atom. The molecule has 4 heteroatoms. The number of rotatable bonds is 3. The lowest BCUT2D eigenvalue weighted by Gasteiger charge is -2.07. The fourth-order valence-corrected chi connectivity index (χ4v) is 0.933. The SMILES string of the molecule is Nc1ccc(NCCO)c(N)c1. The highest BCUT2D eigenvalue weighted by molar-refractivity contribution is 5.70. The van der Waals surface area contributed by atoms with Crippen LogP contribution in [0.1, 0.15) is 0 Å². The molecule has 12 heavy (non-hydrogen) atoms. The zero-order valence-corrected chi connectivity index (χ0v) is 6.75. The van der Waals surface area contributed by atoms with Crippen LogP contribution in [0.25, 0.3) is 0 Å². The summed E-state index contributed by atoms with van der Waals surface area (Å²) in [6, 6.07) is 5.23. The zero-order valence-electron chi connectivity index (χ0n) is 6.75. The number of nitrogens with one attached hydrogen (secondary N) is 1. The van der Waals surface area contributed by atoms with Crippen LogP contribution in [0.5, 0.6) is 0 Å². The van der Waals surface area contributed by atoms with Crippen LogP contribution in [0.4, 0.5) is 17.1 Å². The molecule has 0 radical (unpaired) electrons. The quantitative estimate of drug-likeness (QED) is 0.486. The van der Waals surface area contributed by atoms with Gasteiger partial charge in [-0.1, -0.05) is 0 Å². The van der Waals surface area contributed by atoms with Gasteiger partial charge in [0.1, 0.15) is 0 Å². The molecule has 1 rings (SSSR count). The van der Waals surface area contributed by atoms with Crippen LogP contribution in [0, 0.1) is 0 Å². The maximum absolute atomic E-state index is 8.55. The molecule has 0 amide bonds. The Morgan fingerprint density at radius 2 is 2.08 bits per heavy atom. The number of aliphatic hydroxyl groups excluding tert-OH is 1. The van der Waals surface area contributed by atoms with Crippen molar-refractivity contribution in [1.29, 1.82) is 0 Å². The highest BCUT2D eigenvalue weighted by Gasteiger charge is 1.96. The standard InChI is InChI=1S/C8H13N3O/c9-6-1-2-8(7(10)5-6)11-3-4-12/h1-2,5,11-12H,3-4,9-10H2. The van der Waals surface area contributed by atoms with Crippen molar-refractivity contribution in [2.75, 3.05) is 29.9 Å². The maximum atomic E-state index is 8.55. The molecule has 4 nitrogen and oxygen atoms in total. The first-order valence-electron chi connectivity index (χ1n) is 3.74. The van der Waals surface area contributed by atoms with E-state index in [9.17, 15) is 0 Å². The lowest BCUT2D eigenvalue weighted by atomic mass is 10.2. The van der Waals surface area contributed by atoms with E-state index in [-0.39, 0.29) is 6.61 Å². The number of hydrogen-bond donors (Lipinski definition) is 4. The molecule has 0 aliphatic heterocycles. The van der Waals surface area contributed by atoms with Gasteiger partial charge in [0.05, 0.1) is 18.0 Å². The van der Waals surface area contributed by atoms with Crippen LogP contribution >= 0.6 is 0 Å². The van der Waals surface area contributed by atoms with Gasteiger partial charge >= 0.3 is 0 Å². The molecule has 0 aliphatic rings. The average Bonchev–Trinajstić information content (AvgIpc) is 2.03. The molecule has 0 fully saturated rings. The number of benzene rings is 1. The fraction of sp³-hybridized carbons (Fsp3) is 0.250. The van der Waals surface area contributed by atoms with E-state index in [1.54, 1.807) is 18.2 Å². The highest BCUT2D eigenvalue weighted by atomic mass is 16.3. The Hall–Kier alpha value is -1.42. The Kier molecular flexibility index (Phi) is 2.76. The van der Waals surface area contributed by atoms with Gasteiger partial charge in [0.15, 0.2) is 0 Å². The molecular weight excluding hydrogens is 154 g/mol. The zero-order chi connectivity index (χ0) is 8.97. The number of hydrogen-bond acceptors (Lipinski definition) is 4. The Morgan fingerprint density at radius 1 is 1.33 bits per heavy atom. The summed E-state index contributed by atoms with van der Waals surface area (Å²) in [4.78, 5) is 0. The second-order valence-electron chi connectivity index (χ2n) is 2.50. The first kappa shape index (κ1) is 8.67. The first-order chi connectivity index (χ1) is 5.74. The van der Waals surface area contributed by atoms with Gasteiger partial charge in [0.2, 0.25) is 0 Å². The molecular formula is C8H13N3O. The number of nitrogens with two attached hydrogens (primary N) is 2. The molecule has 0 aliphatic carbocycles. The minimum Gasteiger partial charge on any atom is -0.399 e. The van der Waals surface area contributed by atoms with Gasteiger partial charge in [-0.3, -0.25) is 0 Å². The molecule has 0 saturated heterocycles. The van der Waals surface area contributed by atoms with Crippen molar-refractivity contribution in [2.45, 2.75) is 0 Å². The third-order valence-corrected chi connectivity index (χ3v) is 1.50. The summed E-state index contributed by atoms with van der Waals surface area (Å²) in [7, 11) is 0. The molecule has 0 bridgehead atoms. The molecule has 66 valence electrons. The van der Waals surface area contributed by atoms with E-state index < -0.39 is 0 Å². The second kappa shape index (κ2) is 3.82. The lowest BCUT2D eigenvalue weighted by molar-refractivity contribution is 0.311. The molecule has 1 aromatic rings. The summed E-state index contributed by atoms with van der Waals surface area (Å²) in [5, 5.41) is 11.5. The van der Waals surface area contributed by atoms with E-state index in [2.05, 4.69) is 5.32 Å². The van der Waals surface area contributed by atoms with E-state index in [4.69, 9.17) is 16.6 Å². The topological polar surface area (TPSA) is 84.3 Å². The van der Waals surface area contributed by atoms with Gasteiger partial charge in [-0.25, -0.2) is 0 Å². The van der Waals surface area contributed by atoms with Crippen molar-refractivity contribution in [1.82, 2.24) is 0 Å². The molecule has 0 atom stereocenters. The third kappa shape index (κ3) is 2.03. The molecule has 0 aromatic heterocycles. The summed E-state index contributed by atoms with van der Waals surface area (Å²) < 4.78 is 0. The van der Waals surface area contributed by atoms with Gasteiger partial charge in [-0.15, -0.1) is 0 Å². The lowest BCUT2D eigenvalue weighted by Crippen LogP contribution is -2.07. The monoisotopic (exact) mass is 167 g/mol. The Balaban J connectivity index is 2.72. The molecule has 6 N–H and O–H groups in total. The second-order valence-corrected chi connectivity index (χ2v) is 2.50. The highest BCUT2D eigenvalue weighted by Crippen LogP contribution is 2.20. The largest absolute Gasteiger partial charge is 0.399 e. The third-order valence-electron chi connectivity index (χ3n) is 1.50. The minimum absolute atomic E-state index is 0.0871. The van der Waals surface area contributed by atoms with Crippen LogP contribution in [-0.2, 0) is 0 Å². The van der Waals surface area contributed by atoms with Crippen molar-refractivity contribution in [3.8, 4) is 0 Å². The van der Waals surface area contributed by atoms with Crippen LogP contribution in [-0.4, -0.2) is 18.3 Å². The average molecular weight is 167 g/mol. The summed E-state index contributed by atoms with van der Waals surface area (Å²) in [5.41, 5.74) is 13.2. The predicted molar refractivity (Wildman–Crippen MR) is 50.8 cm³/mol. The normalized spacial score (nSPS) is 9.75. The molecule has 1 aromatic carbocycles. The van der Waals surface area contributed by atoms with Crippen molar-refractivity contribution in [3.63, 3.8) is 0 Å². The van der Waals surface area contributed by atoms with E-state index >= 15 is 0 Å². The summed E-state index contributed by atoms with van der Waals surface area (Å²) >= 11 is 0. The van der Waals surface area contributed by atoms with Crippen LogP contribution in [0.2, 0.25) is 0 Å². The van der Waals surface area contributed by atoms with Gasteiger partial charge in [-0.05, 0) is 18.2 Å². The molecule has 0 heterocycles. The number of aliphatic hydroxyl groups is 1. The fourth-order valence-electron chi connectivity index (χ4n) is 0.933.